The number of hydrogen-bond donors (Lipinski definition) is 0. The van der Waals surface area contributed by atoms with Gasteiger partial charge in [0.2, 0.25) is 0 Å². The lowest BCUT2D eigenvalue weighted by Gasteiger charge is -2.05. The van der Waals surface area contributed by atoms with Gasteiger partial charge in [-0.3, -0.25) is 10.1 Å². The largest absolute Gasteiger partial charge is 0.482 e. The molecule has 0 aliphatic heterocycles. The van der Waals surface area contributed by atoms with E-state index in [9.17, 15) is 14.9 Å². The minimum atomic E-state index is -0.584. The number of hydrogen-bond acceptors (Lipinski definition) is 8. The molecule has 2 heterocycles. The summed E-state index contributed by atoms with van der Waals surface area (Å²) in [6, 6.07) is 10.9. The topological polar surface area (TPSA) is 105 Å². The first-order valence-electron chi connectivity index (χ1n) is 7.14. The minimum Gasteiger partial charge on any atom is -0.482 e. The highest BCUT2D eigenvalue weighted by molar-refractivity contribution is 7.13. The fraction of sp³-hybridized carbons (Fsp3) is 0.125. The molecule has 2 aromatic heterocycles. The van der Waals surface area contributed by atoms with Crippen molar-refractivity contribution in [2.45, 2.75) is 6.61 Å². The number of nitro groups is 1. The van der Waals surface area contributed by atoms with Gasteiger partial charge in [0.15, 0.2) is 12.4 Å². The molecular formula is C16H12N2O6S. The zero-order chi connectivity index (χ0) is 17.6. The molecular weight excluding hydrogens is 348 g/mol. The highest BCUT2D eigenvalue weighted by Crippen LogP contribution is 2.25. The lowest BCUT2D eigenvalue weighted by Crippen LogP contribution is -2.14. The highest BCUT2D eigenvalue weighted by atomic mass is 32.1. The van der Waals surface area contributed by atoms with Crippen LogP contribution in [0.1, 0.15) is 5.69 Å². The number of non-ortho nitro benzene ring substituents is 1. The first kappa shape index (κ1) is 16.7. The summed E-state index contributed by atoms with van der Waals surface area (Å²) in [5.74, 6) is 0.367. The molecule has 25 heavy (non-hydrogen) atoms. The summed E-state index contributed by atoms with van der Waals surface area (Å²) < 4.78 is 15.5. The molecule has 128 valence electrons. The Bertz CT molecular complexity index is 857. The molecule has 0 saturated heterocycles. The Balaban J connectivity index is 1.46. The lowest BCUT2D eigenvalue weighted by atomic mass is 10.3. The van der Waals surface area contributed by atoms with Crippen LogP contribution < -0.4 is 4.74 Å². The van der Waals surface area contributed by atoms with E-state index in [1.807, 2.05) is 17.5 Å². The molecule has 0 saturated carbocycles. The third-order valence-corrected chi connectivity index (χ3v) is 3.99. The van der Waals surface area contributed by atoms with E-state index in [0.29, 0.717) is 17.2 Å². The summed E-state index contributed by atoms with van der Waals surface area (Å²) in [6.45, 7) is -0.342. The number of esters is 1. The maximum Gasteiger partial charge on any atom is 0.344 e. The Morgan fingerprint density at radius 2 is 2.08 bits per heavy atom. The molecule has 3 rings (SSSR count). The lowest BCUT2D eigenvalue weighted by molar-refractivity contribution is -0.384. The average molecular weight is 360 g/mol. The van der Waals surface area contributed by atoms with E-state index in [2.05, 4.69) is 5.16 Å². The molecule has 3 aromatic rings. The number of benzene rings is 1. The summed E-state index contributed by atoms with van der Waals surface area (Å²) >= 11 is 1.52. The van der Waals surface area contributed by atoms with Crippen LogP contribution in [0, 0.1) is 10.1 Å². The van der Waals surface area contributed by atoms with Gasteiger partial charge in [0.25, 0.3) is 5.69 Å². The fourth-order valence-electron chi connectivity index (χ4n) is 1.92. The number of carbonyl (C=O) groups excluding carboxylic acids is 1. The highest BCUT2D eigenvalue weighted by Gasteiger charge is 2.11. The Morgan fingerprint density at radius 3 is 2.76 bits per heavy atom. The van der Waals surface area contributed by atoms with Crippen molar-refractivity contribution in [3.63, 3.8) is 0 Å². The van der Waals surface area contributed by atoms with E-state index in [1.165, 1.54) is 35.6 Å². The Morgan fingerprint density at radius 1 is 1.28 bits per heavy atom. The molecule has 0 aliphatic carbocycles. The monoisotopic (exact) mass is 360 g/mol. The van der Waals surface area contributed by atoms with Gasteiger partial charge in [0.05, 0.1) is 9.80 Å². The Labute approximate surface area is 145 Å². The average Bonchev–Trinajstić information content (AvgIpc) is 3.29. The van der Waals surface area contributed by atoms with E-state index >= 15 is 0 Å². The molecule has 0 spiro atoms. The van der Waals surface area contributed by atoms with Crippen molar-refractivity contribution in [3.05, 3.63) is 63.7 Å². The molecule has 0 unspecified atom stereocenters. The van der Waals surface area contributed by atoms with Gasteiger partial charge in [0.1, 0.15) is 18.1 Å². The van der Waals surface area contributed by atoms with Crippen molar-refractivity contribution in [1.29, 1.82) is 0 Å². The summed E-state index contributed by atoms with van der Waals surface area (Å²) in [7, 11) is 0. The third-order valence-electron chi connectivity index (χ3n) is 3.11. The second-order valence-corrected chi connectivity index (χ2v) is 5.81. The van der Waals surface area contributed by atoms with Gasteiger partial charge in [-0.1, -0.05) is 11.2 Å². The van der Waals surface area contributed by atoms with Crippen LogP contribution in [0.2, 0.25) is 0 Å². The van der Waals surface area contributed by atoms with E-state index in [1.54, 1.807) is 6.07 Å². The first-order chi connectivity index (χ1) is 12.1. The van der Waals surface area contributed by atoms with Crippen LogP contribution in [-0.4, -0.2) is 22.7 Å². The number of rotatable bonds is 7. The Kier molecular flexibility index (Phi) is 5.05. The predicted octanol–water partition coefficient (Wildman–Crippen LogP) is 3.43. The van der Waals surface area contributed by atoms with Crippen molar-refractivity contribution in [2.75, 3.05) is 6.61 Å². The van der Waals surface area contributed by atoms with Crippen LogP contribution in [0.25, 0.3) is 10.6 Å². The molecule has 0 bridgehead atoms. The van der Waals surface area contributed by atoms with Crippen LogP contribution in [0.15, 0.2) is 52.4 Å². The molecule has 0 N–H and O–H groups in total. The minimum absolute atomic E-state index is 0.0304. The summed E-state index contributed by atoms with van der Waals surface area (Å²) in [6.07, 6.45) is 0. The molecule has 0 atom stereocenters. The van der Waals surface area contributed by atoms with Gasteiger partial charge in [-0.05, 0) is 23.6 Å². The van der Waals surface area contributed by atoms with Crippen LogP contribution in [0.3, 0.4) is 0 Å². The predicted molar refractivity (Wildman–Crippen MR) is 88.2 cm³/mol. The SMILES string of the molecule is O=C(COc1ccc([N+](=O)[O-])cc1)OCc1cc(-c2cccs2)on1. The molecule has 0 amide bonds. The van der Waals surface area contributed by atoms with Crippen LogP contribution in [-0.2, 0) is 16.1 Å². The van der Waals surface area contributed by atoms with E-state index in [4.69, 9.17) is 14.0 Å². The standard InChI is InChI=1S/C16H12N2O6S/c19-16(10-22-13-5-3-12(4-6-13)18(20)21)23-9-11-8-14(24-17-11)15-2-1-7-25-15/h1-8H,9-10H2. The van der Waals surface area contributed by atoms with Gasteiger partial charge in [0, 0.05) is 18.2 Å². The zero-order valence-corrected chi connectivity index (χ0v) is 13.6. The van der Waals surface area contributed by atoms with Crippen molar-refractivity contribution in [3.8, 4) is 16.4 Å². The summed E-state index contributed by atoms with van der Waals surface area (Å²) in [5.41, 5.74) is 0.439. The maximum absolute atomic E-state index is 11.7. The van der Waals surface area contributed by atoms with Crippen molar-refractivity contribution < 1.29 is 23.7 Å². The van der Waals surface area contributed by atoms with Gasteiger partial charge >= 0.3 is 5.97 Å². The molecule has 0 radical (unpaired) electrons. The van der Waals surface area contributed by atoms with E-state index in [0.717, 1.165) is 4.88 Å². The first-order valence-corrected chi connectivity index (χ1v) is 8.02. The van der Waals surface area contributed by atoms with Crippen molar-refractivity contribution in [1.82, 2.24) is 5.16 Å². The zero-order valence-electron chi connectivity index (χ0n) is 12.8. The number of carbonyl (C=O) groups is 1. The molecule has 8 nitrogen and oxygen atoms in total. The van der Waals surface area contributed by atoms with Crippen molar-refractivity contribution in [2.24, 2.45) is 0 Å². The summed E-state index contributed by atoms with van der Waals surface area (Å²) in [5, 5.41) is 16.3. The van der Waals surface area contributed by atoms with E-state index < -0.39 is 10.9 Å². The number of thiophene rings is 1. The van der Waals surface area contributed by atoms with Gasteiger partial charge < -0.3 is 14.0 Å². The Hall–Kier alpha value is -3.20. The van der Waals surface area contributed by atoms with Gasteiger partial charge in [-0.25, -0.2) is 4.79 Å². The van der Waals surface area contributed by atoms with Crippen LogP contribution >= 0.6 is 11.3 Å². The third kappa shape index (κ3) is 4.42. The molecule has 0 fully saturated rings. The number of aromatic nitrogens is 1. The normalized spacial score (nSPS) is 10.4. The molecule has 9 heteroatoms. The van der Waals surface area contributed by atoms with Crippen LogP contribution in [0.4, 0.5) is 5.69 Å². The second kappa shape index (κ2) is 7.58. The molecule has 1 aromatic carbocycles. The fourth-order valence-corrected chi connectivity index (χ4v) is 2.59. The number of nitro benzene ring substituents is 1. The smallest absolute Gasteiger partial charge is 0.344 e. The quantitative estimate of drug-likeness (QED) is 0.361. The van der Waals surface area contributed by atoms with Gasteiger partial charge in [-0.2, -0.15) is 0 Å². The summed E-state index contributed by atoms with van der Waals surface area (Å²) in [4.78, 5) is 22.7. The second-order valence-electron chi connectivity index (χ2n) is 4.86. The molecule has 0 aliphatic rings. The van der Waals surface area contributed by atoms with Crippen LogP contribution in [0.5, 0.6) is 5.75 Å². The number of ether oxygens (including phenoxy) is 2. The van der Waals surface area contributed by atoms with Gasteiger partial charge in [-0.15, -0.1) is 11.3 Å². The van der Waals surface area contributed by atoms with Crippen molar-refractivity contribution >= 4 is 23.0 Å². The van der Waals surface area contributed by atoms with E-state index in [-0.39, 0.29) is 18.9 Å². The number of nitrogens with zero attached hydrogens (tertiary/aromatic N) is 2. The maximum atomic E-state index is 11.7.